The number of carboxylic acids is 1. The first-order valence-corrected chi connectivity index (χ1v) is 7.26. The molecular formula is C16H20N2O2. The van der Waals surface area contributed by atoms with Crippen LogP contribution in [0.25, 0.3) is 11.0 Å². The summed E-state index contributed by atoms with van der Waals surface area (Å²) in [5.74, 6) is 0.474. The predicted octanol–water partition coefficient (Wildman–Crippen LogP) is 3.73. The van der Waals surface area contributed by atoms with Crippen molar-refractivity contribution in [3.05, 3.63) is 30.1 Å². The monoisotopic (exact) mass is 272 g/mol. The molecule has 1 fully saturated rings. The van der Waals surface area contributed by atoms with Gasteiger partial charge in [0.2, 0.25) is 0 Å². The molecule has 4 nitrogen and oxygen atoms in total. The second kappa shape index (κ2) is 4.93. The van der Waals surface area contributed by atoms with Crippen molar-refractivity contribution in [3.8, 4) is 0 Å². The summed E-state index contributed by atoms with van der Waals surface area (Å²) >= 11 is 0. The molecule has 1 saturated carbocycles. The number of nitrogens with zero attached hydrogens (tertiary/aromatic N) is 2. The van der Waals surface area contributed by atoms with Crippen LogP contribution in [0.5, 0.6) is 0 Å². The van der Waals surface area contributed by atoms with Gasteiger partial charge in [-0.3, -0.25) is 0 Å². The van der Waals surface area contributed by atoms with Crippen LogP contribution in [0.15, 0.2) is 24.5 Å². The Hall–Kier alpha value is -1.84. The van der Waals surface area contributed by atoms with Gasteiger partial charge >= 0.3 is 5.97 Å². The first kappa shape index (κ1) is 13.2. The van der Waals surface area contributed by atoms with Gasteiger partial charge in [0.05, 0.1) is 17.4 Å². The van der Waals surface area contributed by atoms with Crippen molar-refractivity contribution in [1.82, 2.24) is 9.55 Å². The second-order valence-electron chi connectivity index (χ2n) is 6.09. The normalized spacial score (nSPS) is 26.8. The molecule has 0 aliphatic heterocycles. The van der Waals surface area contributed by atoms with Crippen molar-refractivity contribution in [2.75, 3.05) is 0 Å². The third kappa shape index (κ3) is 2.09. The van der Waals surface area contributed by atoms with E-state index in [9.17, 15) is 9.90 Å². The van der Waals surface area contributed by atoms with Gasteiger partial charge in [-0.15, -0.1) is 0 Å². The van der Waals surface area contributed by atoms with Crippen molar-refractivity contribution >= 4 is 17.0 Å². The van der Waals surface area contributed by atoms with Crippen LogP contribution >= 0.6 is 0 Å². The summed E-state index contributed by atoms with van der Waals surface area (Å²) < 4.78 is 2.18. The van der Waals surface area contributed by atoms with Gasteiger partial charge < -0.3 is 9.67 Å². The molecule has 2 aromatic rings. The molecule has 3 rings (SSSR count). The van der Waals surface area contributed by atoms with E-state index in [4.69, 9.17) is 0 Å². The number of hydrogen-bond donors (Lipinski definition) is 1. The van der Waals surface area contributed by atoms with Crippen LogP contribution in [0.2, 0.25) is 0 Å². The molecule has 1 aromatic carbocycles. The Balaban J connectivity index is 2.05. The van der Waals surface area contributed by atoms with E-state index in [2.05, 4.69) is 23.4 Å². The smallest absolute Gasteiger partial charge is 0.337 e. The van der Waals surface area contributed by atoms with Gasteiger partial charge in [0.15, 0.2) is 0 Å². The molecule has 20 heavy (non-hydrogen) atoms. The number of hydrogen-bond acceptors (Lipinski definition) is 2. The quantitative estimate of drug-likeness (QED) is 0.906. The molecule has 0 bridgehead atoms. The zero-order chi connectivity index (χ0) is 14.3. The lowest BCUT2D eigenvalue weighted by molar-refractivity contribution is 0.0699. The van der Waals surface area contributed by atoms with E-state index in [1.54, 1.807) is 12.1 Å². The maximum atomic E-state index is 11.3. The number of imidazole rings is 1. The molecule has 3 atom stereocenters. The number of fused-ring (bicyclic) bond motifs is 1. The Morgan fingerprint density at radius 3 is 2.85 bits per heavy atom. The van der Waals surface area contributed by atoms with Crippen molar-refractivity contribution in [2.24, 2.45) is 11.8 Å². The molecule has 1 aliphatic rings. The summed E-state index contributed by atoms with van der Waals surface area (Å²) in [5.41, 5.74) is 1.83. The summed E-state index contributed by atoms with van der Waals surface area (Å²) in [5, 5.41) is 9.24. The van der Waals surface area contributed by atoms with E-state index < -0.39 is 5.97 Å². The highest BCUT2D eigenvalue weighted by molar-refractivity contribution is 6.00. The molecule has 0 saturated heterocycles. The summed E-state index contributed by atoms with van der Waals surface area (Å²) in [7, 11) is 0. The predicted molar refractivity (Wildman–Crippen MR) is 77.9 cm³/mol. The highest BCUT2D eigenvalue weighted by Crippen LogP contribution is 2.38. The highest BCUT2D eigenvalue weighted by atomic mass is 16.4. The lowest BCUT2D eigenvalue weighted by Gasteiger charge is -2.33. The molecular weight excluding hydrogens is 252 g/mol. The number of carbonyl (C=O) groups is 1. The van der Waals surface area contributed by atoms with Gasteiger partial charge in [0, 0.05) is 6.04 Å². The van der Waals surface area contributed by atoms with Gasteiger partial charge in [-0.25, -0.2) is 9.78 Å². The van der Waals surface area contributed by atoms with E-state index in [-0.39, 0.29) is 5.56 Å². The molecule has 0 amide bonds. The summed E-state index contributed by atoms with van der Waals surface area (Å²) in [4.78, 5) is 15.6. The fourth-order valence-corrected chi connectivity index (χ4v) is 3.56. The van der Waals surface area contributed by atoms with E-state index >= 15 is 0 Å². The standard InChI is InChI=1S/C16H20N2O2/c1-10-6-7-13(11(2)8-10)18-9-17-15-12(16(19)20)4-3-5-14(15)18/h3-5,9-11,13H,6-8H2,1-2H3,(H,19,20). The Bertz CT molecular complexity index is 647. The molecule has 4 heteroatoms. The van der Waals surface area contributed by atoms with E-state index in [1.165, 1.54) is 12.8 Å². The van der Waals surface area contributed by atoms with Crippen LogP contribution in [0, 0.1) is 11.8 Å². The fourth-order valence-electron chi connectivity index (χ4n) is 3.56. The maximum absolute atomic E-state index is 11.3. The van der Waals surface area contributed by atoms with E-state index in [0.29, 0.717) is 17.5 Å². The molecule has 1 aromatic heterocycles. The molecule has 106 valence electrons. The van der Waals surface area contributed by atoms with Gasteiger partial charge in [-0.05, 0) is 43.2 Å². The lowest BCUT2D eigenvalue weighted by atomic mass is 9.79. The third-order valence-corrected chi connectivity index (χ3v) is 4.58. The van der Waals surface area contributed by atoms with E-state index in [0.717, 1.165) is 17.9 Å². The SMILES string of the molecule is CC1CCC(n2cnc3c(C(=O)O)cccc32)C(C)C1. The minimum absolute atomic E-state index is 0.290. The molecule has 0 radical (unpaired) electrons. The van der Waals surface area contributed by atoms with Gasteiger partial charge in [-0.1, -0.05) is 19.9 Å². The molecule has 1 aliphatic carbocycles. The Kier molecular flexibility index (Phi) is 3.24. The number of benzene rings is 1. The Morgan fingerprint density at radius 1 is 1.35 bits per heavy atom. The number of aromatic nitrogens is 2. The third-order valence-electron chi connectivity index (χ3n) is 4.58. The van der Waals surface area contributed by atoms with Crippen molar-refractivity contribution in [3.63, 3.8) is 0 Å². The fraction of sp³-hybridized carbons (Fsp3) is 0.500. The van der Waals surface area contributed by atoms with Gasteiger partial charge in [0.25, 0.3) is 0 Å². The average Bonchev–Trinajstić information content (AvgIpc) is 2.82. The van der Waals surface area contributed by atoms with Crippen LogP contribution in [0.1, 0.15) is 49.5 Å². The topological polar surface area (TPSA) is 55.1 Å². The van der Waals surface area contributed by atoms with Gasteiger partial charge in [0.1, 0.15) is 5.52 Å². The first-order valence-electron chi connectivity index (χ1n) is 7.26. The zero-order valence-corrected chi connectivity index (χ0v) is 11.9. The first-order chi connectivity index (χ1) is 9.58. The van der Waals surface area contributed by atoms with Crippen LogP contribution in [-0.2, 0) is 0 Å². The van der Waals surface area contributed by atoms with E-state index in [1.807, 2.05) is 12.4 Å². The van der Waals surface area contributed by atoms with Crippen molar-refractivity contribution in [2.45, 2.75) is 39.2 Å². The average molecular weight is 272 g/mol. The number of carboxylic acid groups (broad SMARTS) is 1. The maximum Gasteiger partial charge on any atom is 0.337 e. The zero-order valence-electron chi connectivity index (χ0n) is 11.9. The molecule has 1 N–H and O–H groups in total. The van der Waals surface area contributed by atoms with Crippen LogP contribution in [-0.4, -0.2) is 20.6 Å². The molecule has 1 heterocycles. The van der Waals surface area contributed by atoms with Crippen LogP contribution in [0.3, 0.4) is 0 Å². The Labute approximate surface area is 118 Å². The number of aromatic carboxylic acids is 1. The number of para-hydroxylation sites is 1. The molecule has 0 spiro atoms. The number of rotatable bonds is 2. The second-order valence-corrected chi connectivity index (χ2v) is 6.09. The lowest BCUT2D eigenvalue weighted by Crippen LogP contribution is -2.24. The summed E-state index contributed by atoms with van der Waals surface area (Å²) in [6, 6.07) is 5.83. The summed E-state index contributed by atoms with van der Waals surface area (Å²) in [6.07, 6.45) is 5.41. The van der Waals surface area contributed by atoms with Gasteiger partial charge in [-0.2, -0.15) is 0 Å². The van der Waals surface area contributed by atoms with Crippen LogP contribution in [0.4, 0.5) is 0 Å². The largest absolute Gasteiger partial charge is 0.478 e. The minimum Gasteiger partial charge on any atom is -0.478 e. The minimum atomic E-state index is -0.911. The Morgan fingerprint density at radius 2 is 2.15 bits per heavy atom. The summed E-state index contributed by atoms with van der Waals surface area (Å²) in [6.45, 7) is 4.59. The van der Waals surface area contributed by atoms with Crippen molar-refractivity contribution in [1.29, 1.82) is 0 Å². The van der Waals surface area contributed by atoms with Crippen LogP contribution < -0.4 is 0 Å². The van der Waals surface area contributed by atoms with Crippen molar-refractivity contribution < 1.29 is 9.90 Å². The highest BCUT2D eigenvalue weighted by Gasteiger charge is 2.28. The molecule has 3 unspecified atom stereocenters.